The van der Waals surface area contributed by atoms with Gasteiger partial charge in [-0.25, -0.2) is 4.57 Å². The molecule has 2 heteroatoms. The minimum absolute atomic E-state index is 0.473. The maximum atomic E-state index is 8.64. The zero-order chi connectivity index (χ0) is 21.7. The number of aromatic nitrogens is 1. The quantitative estimate of drug-likeness (QED) is 0.356. The predicted molar refractivity (Wildman–Crippen MR) is 126 cm³/mol. The Hall–Kier alpha value is -1.93. The van der Waals surface area contributed by atoms with Crippen molar-refractivity contribution in [1.29, 1.82) is 0 Å². The molecule has 0 N–H and O–H groups in total. The van der Waals surface area contributed by atoms with E-state index in [0.29, 0.717) is 18.0 Å². The maximum Gasteiger partial charge on any atom is 0.220 e. The number of rotatable bonds is 4. The zero-order valence-corrected chi connectivity index (χ0v) is 20.1. The van der Waals surface area contributed by atoms with Gasteiger partial charge in [-0.3, -0.25) is 0 Å². The number of hydrogen-bond acceptors (Lipinski definition) is 0. The maximum absolute atomic E-state index is 8.64. The number of benzene rings is 2. The van der Waals surface area contributed by atoms with Gasteiger partial charge in [0, 0.05) is 6.07 Å². The molecule has 2 aromatic carbocycles. The molecule has 1 aromatic heterocycles. The van der Waals surface area contributed by atoms with E-state index < -0.39 is 8.07 Å². The minimum Gasteiger partial charge on any atom is -0.200 e. The van der Waals surface area contributed by atoms with Crippen molar-refractivity contribution in [3.05, 3.63) is 59.3 Å². The van der Waals surface area contributed by atoms with Crippen LogP contribution < -0.4 is 9.75 Å². The molecule has 0 aliphatic carbocycles. The van der Waals surface area contributed by atoms with Gasteiger partial charge in [0.2, 0.25) is 5.69 Å². The fourth-order valence-electron chi connectivity index (χ4n) is 4.04. The summed E-state index contributed by atoms with van der Waals surface area (Å²) in [4.78, 5) is 0. The summed E-state index contributed by atoms with van der Waals surface area (Å²) in [6, 6.07) is 13.7. The lowest BCUT2D eigenvalue weighted by Crippen LogP contribution is -2.37. The average Bonchev–Trinajstić information content (AvgIpc) is 2.62. The van der Waals surface area contributed by atoms with Crippen molar-refractivity contribution in [2.45, 2.75) is 66.1 Å². The molecule has 0 aliphatic rings. The molecule has 1 nitrogen and oxygen atoms in total. The molecule has 0 fully saturated rings. The van der Waals surface area contributed by atoms with Gasteiger partial charge in [0.1, 0.15) is 8.42 Å². The van der Waals surface area contributed by atoms with Gasteiger partial charge in [-0.15, -0.1) is 0 Å². The lowest BCUT2D eigenvalue weighted by atomic mass is 9.86. The molecule has 0 aliphatic heterocycles. The number of nitrogens with zero attached hydrogens (tertiary/aromatic N) is 1. The highest BCUT2D eigenvalue weighted by molar-refractivity contribution is 6.88. The molecule has 148 valence electrons. The summed E-state index contributed by atoms with van der Waals surface area (Å²) in [7, 11) is 0.623. The van der Waals surface area contributed by atoms with Gasteiger partial charge in [0.05, 0.1) is 19.0 Å². The van der Waals surface area contributed by atoms with E-state index in [9.17, 15) is 0 Å². The summed E-state index contributed by atoms with van der Waals surface area (Å²) in [5, 5.41) is 3.87. The molecule has 0 amide bonds. The molecule has 0 saturated carbocycles. The molecule has 0 radical (unpaired) electrons. The van der Waals surface area contributed by atoms with Gasteiger partial charge in [-0.2, -0.15) is 0 Å². The summed E-state index contributed by atoms with van der Waals surface area (Å²) in [5.74, 6) is 0.947. The number of pyridine rings is 1. The van der Waals surface area contributed by atoms with Crippen LogP contribution in [0, 0.1) is 6.92 Å². The Balaban J connectivity index is 2.42. The topological polar surface area (TPSA) is 3.88 Å². The summed E-state index contributed by atoms with van der Waals surface area (Å²) >= 11 is 0. The highest BCUT2D eigenvalue weighted by Gasteiger charge is 2.23. The van der Waals surface area contributed by atoms with Crippen molar-refractivity contribution in [3.8, 4) is 11.3 Å². The average molecular weight is 392 g/mol. The second-order valence-corrected chi connectivity index (χ2v) is 14.9. The van der Waals surface area contributed by atoms with E-state index in [2.05, 4.69) is 84.6 Å². The third-order valence-corrected chi connectivity index (χ3v) is 7.98. The van der Waals surface area contributed by atoms with Gasteiger partial charge in [0.25, 0.3) is 0 Å². The van der Waals surface area contributed by atoms with Gasteiger partial charge < -0.3 is 0 Å². The molecule has 0 atom stereocenters. The molecule has 0 unspecified atom stereocenters. The van der Waals surface area contributed by atoms with E-state index in [-0.39, 0.29) is 0 Å². The lowest BCUT2D eigenvalue weighted by molar-refractivity contribution is -0.659. The Bertz CT molecular complexity index is 1070. The Morgan fingerprint density at radius 1 is 0.929 bits per heavy atom. The zero-order valence-electron chi connectivity index (χ0n) is 20.1. The highest BCUT2D eigenvalue weighted by atomic mass is 28.3. The smallest absolute Gasteiger partial charge is 0.200 e. The van der Waals surface area contributed by atoms with E-state index in [1.807, 2.05) is 17.7 Å². The largest absolute Gasteiger partial charge is 0.220 e. The van der Waals surface area contributed by atoms with Crippen LogP contribution in [0.15, 0.2) is 42.6 Å². The van der Waals surface area contributed by atoms with Crippen LogP contribution >= 0.6 is 0 Å². The Morgan fingerprint density at radius 3 is 2.18 bits per heavy atom. The molecule has 1 heterocycles. The van der Waals surface area contributed by atoms with E-state index >= 15 is 0 Å². The monoisotopic (exact) mass is 391 g/mol. The highest BCUT2D eigenvalue weighted by Crippen LogP contribution is 2.35. The van der Waals surface area contributed by atoms with Crippen LogP contribution in [0.25, 0.3) is 22.0 Å². The fourth-order valence-corrected chi connectivity index (χ4v) is 5.21. The summed E-state index contributed by atoms with van der Waals surface area (Å²) in [5.41, 5.74) is 6.55. The van der Waals surface area contributed by atoms with Crippen LogP contribution in [0.5, 0.6) is 0 Å². The molecule has 3 aromatic rings. The van der Waals surface area contributed by atoms with Crippen molar-refractivity contribution < 1.29 is 5.94 Å². The van der Waals surface area contributed by atoms with Gasteiger partial charge in [-0.05, 0) is 53.0 Å². The van der Waals surface area contributed by atoms with Crippen LogP contribution in [0.4, 0.5) is 0 Å². The Morgan fingerprint density at radius 2 is 1.61 bits per heavy atom. The number of fused-ring (bicyclic) bond motifs is 1. The third kappa shape index (κ3) is 3.80. The molecular weight excluding hydrogens is 354 g/mol. The lowest BCUT2D eigenvalue weighted by Gasteiger charge is -2.19. The Kier molecular flexibility index (Phi) is 5.18. The van der Waals surface area contributed by atoms with Crippen LogP contribution in [-0.4, -0.2) is 8.07 Å². The first-order chi connectivity index (χ1) is 13.4. The van der Waals surface area contributed by atoms with Gasteiger partial charge in [-0.1, -0.05) is 70.7 Å². The van der Waals surface area contributed by atoms with Crippen LogP contribution in [-0.2, 0) is 7.05 Å². The second-order valence-electron chi connectivity index (χ2n) is 9.83. The van der Waals surface area contributed by atoms with Gasteiger partial charge >= 0.3 is 0 Å². The first kappa shape index (κ1) is 19.4. The first-order valence-corrected chi connectivity index (χ1v) is 14.0. The van der Waals surface area contributed by atoms with E-state index in [1.165, 1.54) is 38.2 Å². The molecule has 0 bridgehead atoms. The molecule has 0 spiro atoms. The normalized spacial score (nSPS) is 12.9. The molecule has 28 heavy (non-hydrogen) atoms. The van der Waals surface area contributed by atoms with E-state index in [1.54, 1.807) is 0 Å². The van der Waals surface area contributed by atoms with Gasteiger partial charge in [0.15, 0.2) is 6.17 Å². The minimum atomic E-state index is -1.40. The second kappa shape index (κ2) is 7.48. The van der Waals surface area contributed by atoms with Crippen molar-refractivity contribution in [2.24, 2.45) is 7.05 Å². The molecule has 3 rings (SSSR count). The fraction of sp³-hybridized carbons (Fsp3) is 0.423. The molecule has 0 saturated heterocycles. The van der Waals surface area contributed by atoms with E-state index in [4.69, 9.17) is 1.37 Å². The summed E-state index contributed by atoms with van der Waals surface area (Å²) < 4.78 is 10.7. The molecular formula is C26H36NSi+. The predicted octanol–water partition coefficient (Wildman–Crippen LogP) is 6.43. The van der Waals surface area contributed by atoms with E-state index in [0.717, 1.165) is 5.69 Å². The van der Waals surface area contributed by atoms with Crippen molar-refractivity contribution in [1.82, 2.24) is 0 Å². The Labute approximate surface area is 173 Å². The van der Waals surface area contributed by atoms with Crippen molar-refractivity contribution in [2.75, 3.05) is 0 Å². The first-order valence-electron chi connectivity index (χ1n) is 11.0. The SMILES string of the molecule is [2H]c1cc2cc([Si](C)(C)C)ccc2c(-c2cc(C(C)C)cc(C(C)C)c2C)[n+]1C. The summed E-state index contributed by atoms with van der Waals surface area (Å²) in [6.07, 6.45) is 0.556. The van der Waals surface area contributed by atoms with Crippen molar-refractivity contribution >= 4 is 24.0 Å². The van der Waals surface area contributed by atoms with Crippen LogP contribution in [0.2, 0.25) is 19.6 Å². The van der Waals surface area contributed by atoms with Crippen molar-refractivity contribution in [3.63, 3.8) is 0 Å². The van der Waals surface area contributed by atoms with Crippen LogP contribution in [0.3, 0.4) is 0 Å². The summed E-state index contributed by atoms with van der Waals surface area (Å²) in [6.45, 7) is 18.5. The standard InChI is InChI=1S/C26H36NSi/c1-17(2)21-15-24(18(3)4)19(5)25(16-21)26-23-11-10-22(28(7,8)9)14-20(23)12-13-27(26)6/h10-18H,1-9H3/q+1/i13D. The van der Waals surface area contributed by atoms with Crippen LogP contribution in [0.1, 0.15) is 57.6 Å². The third-order valence-electron chi connectivity index (χ3n) is 5.94. The number of hydrogen-bond donors (Lipinski definition) is 0.